The van der Waals surface area contributed by atoms with Gasteiger partial charge in [0, 0.05) is 31.7 Å². The summed E-state index contributed by atoms with van der Waals surface area (Å²) >= 11 is 0. The van der Waals surface area contributed by atoms with Crippen molar-refractivity contribution in [1.29, 1.82) is 0 Å². The minimum Gasteiger partial charge on any atom is -0.333 e. The third kappa shape index (κ3) is 3.07. The Bertz CT molecular complexity index is 564. The van der Waals surface area contributed by atoms with Gasteiger partial charge in [-0.3, -0.25) is 14.3 Å². The van der Waals surface area contributed by atoms with E-state index in [0.717, 1.165) is 17.7 Å². The van der Waals surface area contributed by atoms with Crippen LogP contribution in [0, 0.1) is 13.8 Å². The Morgan fingerprint density at radius 3 is 2.48 bits per heavy atom. The molecule has 7 nitrogen and oxygen atoms in total. The maximum Gasteiger partial charge on any atom is 0.315 e. The number of hydrogen-bond donors (Lipinski definition) is 1. The molecular formula is C14H23N5O2. The normalized spacial score (nSPS) is 18.4. The highest BCUT2D eigenvalue weighted by Crippen LogP contribution is 2.18. The van der Waals surface area contributed by atoms with Crippen molar-refractivity contribution in [3.8, 4) is 0 Å². The van der Waals surface area contributed by atoms with E-state index in [1.165, 1.54) is 0 Å². The molecule has 0 saturated carbocycles. The van der Waals surface area contributed by atoms with Crippen molar-refractivity contribution in [2.24, 2.45) is 7.05 Å². The average molecular weight is 293 g/mol. The molecule has 0 aromatic carbocycles. The molecule has 2 amide bonds. The summed E-state index contributed by atoms with van der Waals surface area (Å²) in [6.07, 6.45) is 0.899. The number of nitrogens with zero attached hydrogens (tertiary/aromatic N) is 4. The van der Waals surface area contributed by atoms with Crippen LogP contribution in [-0.4, -0.2) is 64.6 Å². The molecule has 0 bridgehead atoms. The van der Waals surface area contributed by atoms with Crippen LogP contribution in [0.3, 0.4) is 0 Å². The number of anilines is 1. The van der Waals surface area contributed by atoms with E-state index in [1.807, 2.05) is 27.9 Å². The summed E-state index contributed by atoms with van der Waals surface area (Å²) in [4.78, 5) is 28.0. The van der Waals surface area contributed by atoms with Crippen molar-refractivity contribution in [3.05, 3.63) is 11.3 Å². The van der Waals surface area contributed by atoms with Gasteiger partial charge in [-0.1, -0.05) is 0 Å². The number of carbonyl (C=O) groups excluding carboxylic acids is 2. The van der Waals surface area contributed by atoms with Crippen LogP contribution in [0.4, 0.5) is 5.82 Å². The van der Waals surface area contributed by atoms with Gasteiger partial charge in [0.25, 0.3) is 0 Å². The van der Waals surface area contributed by atoms with Gasteiger partial charge in [0.2, 0.25) is 0 Å². The number of aryl methyl sites for hydroxylation is 2. The summed E-state index contributed by atoms with van der Waals surface area (Å²) < 4.78 is 1.59. The van der Waals surface area contributed by atoms with Gasteiger partial charge in [-0.25, -0.2) is 0 Å². The van der Waals surface area contributed by atoms with Gasteiger partial charge >= 0.3 is 11.8 Å². The Morgan fingerprint density at radius 2 is 2.00 bits per heavy atom. The van der Waals surface area contributed by atoms with E-state index in [9.17, 15) is 9.59 Å². The molecule has 7 heteroatoms. The van der Waals surface area contributed by atoms with Crippen LogP contribution in [0.15, 0.2) is 0 Å². The Kier molecular flexibility index (Phi) is 4.32. The van der Waals surface area contributed by atoms with Crippen LogP contribution < -0.4 is 5.32 Å². The molecule has 21 heavy (non-hydrogen) atoms. The van der Waals surface area contributed by atoms with Gasteiger partial charge in [-0.2, -0.15) is 5.10 Å². The molecule has 1 aromatic rings. The zero-order chi connectivity index (χ0) is 15.7. The Labute approximate surface area is 124 Å². The molecule has 0 spiro atoms. The van der Waals surface area contributed by atoms with Crippen molar-refractivity contribution in [3.63, 3.8) is 0 Å². The monoisotopic (exact) mass is 293 g/mol. The van der Waals surface area contributed by atoms with E-state index in [2.05, 4.69) is 15.3 Å². The summed E-state index contributed by atoms with van der Waals surface area (Å²) in [7, 11) is 5.72. The molecule has 1 N–H and O–H groups in total. The van der Waals surface area contributed by atoms with Gasteiger partial charge in [0.15, 0.2) is 0 Å². The van der Waals surface area contributed by atoms with Crippen LogP contribution in [0.25, 0.3) is 0 Å². The molecule has 2 heterocycles. The lowest BCUT2D eigenvalue weighted by Gasteiger charge is -2.20. The van der Waals surface area contributed by atoms with E-state index in [4.69, 9.17) is 0 Å². The van der Waals surface area contributed by atoms with Gasteiger partial charge in [0.05, 0.1) is 5.69 Å². The highest BCUT2D eigenvalue weighted by Gasteiger charge is 2.31. The smallest absolute Gasteiger partial charge is 0.315 e. The first kappa shape index (κ1) is 15.5. The maximum atomic E-state index is 12.2. The van der Waals surface area contributed by atoms with Gasteiger partial charge in [-0.15, -0.1) is 0 Å². The first-order valence-electron chi connectivity index (χ1n) is 7.08. The van der Waals surface area contributed by atoms with Crippen molar-refractivity contribution < 1.29 is 9.59 Å². The number of carbonyl (C=O) groups is 2. The maximum absolute atomic E-state index is 12.2. The fourth-order valence-corrected chi connectivity index (χ4v) is 2.59. The second kappa shape index (κ2) is 5.85. The summed E-state index contributed by atoms with van der Waals surface area (Å²) in [5, 5.41) is 6.90. The summed E-state index contributed by atoms with van der Waals surface area (Å²) in [5.74, 6) is -0.493. The predicted octanol–water partition coefficient (Wildman–Crippen LogP) is 0.138. The second-order valence-electron chi connectivity index (χ2n) is 5.79. The van der Waals surface area contributed by atoms with E-state index in [0.29, 0.717) is 24.9 Å². The molecule has 1 unspecified atom stereocenters. The SMILES string of the molecule is Cc1nn(C)c(NC(=O)C(=O)N2CCC(N(C)C)C2)c1C. The topological polar surface area (TPSA) is 70.5 Å². The van der Waals surface area contributed by atoms with E-state index in [-0.39, 0.29) is 0 Å². The molecule has 1 saturated heterocycles. The number of amides is 2. The molecular weight excluding hydrogens is 270 g/mol. The molecule has 0 aliphatic carbocycles. The molecule has 1 fully saturated rings. The molecule has 1 aliphatic heterocycles. The van der Waals surface area contributed by atoms with Crippen molar-refractivity contribution >= 4 is 17.6 Å². The minimum absolute atomic E-state index is 0.322. The van der Waals surface area contributed by atoms with Gasteiger partial charge < -0.3 is 15.1 Å². The Hall–Kier alpha value is -1.89. The van der Waals surface area contributed by atoms with E-state index >= 15 is 0 Å². The first-order valence-corrected chi connectivity index (χ1v) is 7.08. The van der Waals surface area contributed by atoms with E-state index < -0.39 is 11.8 Å². The molecule has 1 aromatic heterocycles. The molecule has 116 valence electrons. The lowest BCUT2D eigenvalue weighted by molar-refractivity contribution is -0.142. The molecule has 0 radical (unpaired) electrons. The second-order valence-corrected chi connectivity index (χ2v) is 5.79. The van der Waals surface area contributed by atoms with Crippen LogP contribution >= 0.6 is 0 Å². The molecule has 1 atom stereocenters. The standard InChI is InChI=1S/C14H23N5O2/c1-9-10(2)16-18(5)12(9)15-13(20)14(21)19-7-6-11(8-19)17(3)4/h11H,6-8H2,1-5H3,(H,15,20). The number of likely N-dealkylation sites (tertiary alicyclic amines) is 1. The summed E-state index contributed by atoms with van der Waals surface area (Å²) in [6, 6.07) is 0.322. The quantitative estimate of drug-likeness (QED) is 0.787. The van der Waals surface area contributed by atoms with Crippen molar-refractivity contribution in [1.82, 2.24) is 19.6 Å². The zero-order valence-electron chi connectivity index (χ0n) is 13.3. The number of aromatic nitrogens is 2. The average Bonchev–Trinajstić information content (AvgIpc) is 2.99. The Morgan fingerprint density at radius 1 is 1.33 bits per heavy atom. The molecule has 2 rings (SSSR count). The van der Waals surface area contributed by atoms with Crippen LogP contribution in [-0.2, 0) is 16.6 Å². The highest BCUT2D eigenvalue weighted by molar-refractivity contribution is 6.39. The minimum atomic E-state index is -0.597. The Balaban J connectivity index is 2.02. The first-order chi connectivity index (χ1) is 9.81. The third-order valence-electron chi connectivity index (χ3n) is 4.13. The van der Waals surface area contributed by atoms with Crippen molar-refractivity contribution in [2.45, 2.75) is 26.3 Å². The molecule has 1 aliphatic rings. The number of nitrogens with one attached hydrogen (secondary N) is 1. The lowest BCUT2D eigenvalue weighted by Crippen LogP contribution is -2.40. The predicted molar refractivity (Wildman–Crippen MR) is 80.0 cm³/mol. The number of likely N-dealkylation sites (N-methyl/N-ethyl adjacent to an activating group) is 1. The summed E-state index contributed by atoms with van der Waals surface area (Å²) in [6.45, 7) is 4.97. The van der Waals surface area contributed by atoms with Gasteiger partial charge in [-0.05, 0) is 34.4 Å². The fraction of sp³-hybridized carbons (Fsp3) is 0.643. The van der Waals surface area contributed by atoms with Crippen LogP contribution in [0.5, 0.6) is 0 Å². The van der Waals surface area contributed by atoms with Crippen molar-refractivity contribution in [2.75, 3.05) is 32.5 Å². The fourth-order valence-electron chi connectivity index (χ4n) is 2.59. The number of hydrogen-bond acceptors (Lipinski definition) is 4. The largest absolute Gasteiger partial charge is 0.333 e. The number of rotatable bonds is 2. The van der Waals surface area contributed by atoms with Crippen LogP contribution in [0.1, 0.15) is 17.7 Å². The lowest BCUT2D eigenvalue weighted by atomic mass is 10.2. The highest BCUT2D eigenvalue weighted by atomic mass is 16.2. The zero-order valence-corrected chi connectivity index (χ0v) is 13.3. The van der Waals surface area contributed by atoms with Crippen LogP contribution in [0.2, 0.25) is 0 Å². The van der Waals surface area contributed by atoms with Gasteiger partial charge in [0.1, 0.15) is 5.82 Å². The third-order valence-corrected chi connectivity index (χ3v) is 4.13. The van der Waals surface area contributed by atoms with E-state index in [1.54, 1.807) is 16.6 Å². The summed E-state index contributed by atoms with van der Waals surface area (Å²) in [5.41, 5.74) is 1.72.